The lowest BCUT2D eigenvalue weighted by Crippen LogP contribution is -2.34. The second-order valence-corrected chi connectivity index (χ2v) is 9.43. The molecule has 0 spiro atoms. The Morgan fingerprint density at radius 3 is 2.63 bits per heavy atom. The molecule has 0 aliphatic carbocycles. The Morgan fingerprint density at radius 2 is 1.86 bits per heavy atom. The second-order valence-electron chi connectivity index (χ2n) is 8.35. The van der Waals surface area contributed by atoms with Crippen molar-refractivity contribution in [2.45, 2.75) is 24.9 Å². The molecule has 6 heteroatoms. The van der Waals surface area contributed by atoms with Gasteiger partial charge in [-0.1, -0.05) is 71.9 Å². The van der Waals surface area contributed by atoms with Crippen LogP contribution in [0.1, 0.15) is 32.8 Å². The maximum absolute atomic E-state index is 13.7. The van der Waals surface area contributed by atoms with Crippen LogP contribution in [0.25, 0.3) is 6.08 Å². The van der Waals surface area contributed by atoms with E-state index in [1.165, 1.54) is 11.8 Å². The fourth-order valence-corrected chi connectivity index (χ4v) is 5.02. The molecule has 5 nitrogen and oxygen atoms in total. The minimum absolute atomic E-state index is 0.0824. The van der Waals surface area contributed by atoms with Gasteiger partial charge in [0.1, 0.15) is 5.76 Å². The average molecular weight is 481 g/mol. The van der Waals surface area contributed by atoms with Gasteiger partial charge in [-0.25, -0.2) is 0 Å². The fourth-order valence-electron chi connectivity index (χ4n) is 3.98. The number of aryl methyl sites for hydroxylation is 1. The lowest BCUT2D eigenvalue weighted by atomic mass is 10.1. The van der Waals surface area contributed by atoms with Gasteiger partial charge in [0.25, 0.3) is 11.8 Å². The van der Waals surface area contributed by atoms with Crippen LogP contribution in [0.4, 0.5) is 5.69 Å². The van der Waals surface area contributed by atoms with Crippen molar-refractivity contribution in [3.8, 4) is 0 Å². The Bertz CT molecular complexity index is 1390. The summed E-state index contributed by atoms with van der Waals surface area (Å²) in [5.74, 6) is 0.377. The number of carbonyl (C=O) groups is 2. The molecule has 174 valence electrons. The molecule has 3 aromatic carbocycles. The highest BCUT2D eigenvalue weighted by atomic mass is 32.2. The van der Waals surface area contributed by atoms with Crippen molar-refractivity contribution in [2.24, 2.45) is 0 Å². The molecule has 1 N–H and O–H groups in total. The van der Waals surface area contributed by atoms with E-state index in [4.69, 9.17) is 4.42 Å². The van der Waals surface area contributed by atoms with Gasteiger partial charge >= 0.3 is 0 Å². The quantitative estimate of drug-likeness (QED) is 0.334. The number of fused-ring (bicyclic) bond motifs is 1. The van der Waals surface area contributed by atoms with Crippen LogP contribution in [-0.2, 0) is 17.9 Å². The van der Waals surface area contributed by atoms with Gasteiger partial charge in [-0.05, 0) is 54.5 Å². The predicted molar refractivity (Wildman–Crippen MR) is 139 cm³/mol. The Labute approximate surface area is 208 Å². The maximum atomic E-state index is 13.7. The summed E-state index contributed by atoms with van der Waals surface area (Å²) in [4.78, 5) is 29.9. The summed E-state index contributed by atoms with van der Waals surface area (Å²) in [5.41, 5.74) is 4.36. The lowest BCUT2D eigenvalue weighted by molar-refractivity contribution is -0.114. The molecule has 1 aromatic heterocycles. The van der Waals surface area contributed by atoms with Gasteiger partial charge in [-0.15, -0.1) is 0 Å². The predicted octanol–water partition coefficient (Wildman–Crippen LogP) is 6.20. The molecule has 0 bridgehead atoms. The number of thioether (sulfide) groups is 1. The number of rotatable bonds is 6. The molecule has 0 fully saturated rings. The standard InChI is InChI=1S/C29H24N2O3S/c1-20-7-5-10-22(15-20)19-31-25-17-23(28(32)30-18-24-11-6-14-34-24)12-13-26(25)35-27(29(31)33)16-21-8-3-2-4-9-21/h2-17H,18-19H2,1H3,(H,30,32). The molecule has 2 amide bonds. The van der Waals surface area contributed by atoms with E-state index in [9.17, 15) is 9.59 Å². The number of hydrogen-bond acceptors (Lipinski definition) is 4. The molecule has 0 unspecified atom stereocenters. The van der Waals surface area contributed by atoms with Crippen molar-refractivity contribution in [1.82, 2.24) is 5.32 Å². The number of nitrogens with zero attached hydrogens (tertiary/aromatic N) is 1. The largest absolute Gasteiger partial charge is 0.467 e. The third-order valence-corrected chi connectivity index (χ3v) is 6.79. The topological polar surface area (TPSA) is 62.6 Å². The Morgan fingerprint density at radius 1 is 1.00 bits per heavy atom. The van der Waals surface area contributed by atoms with E-state index in [2.05, 4.69) is 11.4 Å². The van der Waals surface area contributed by atoms with E-state index in [1.54, 1.807) is 29.4 Å². The summed E-state index contributed by atoms with van der Waals surface area (Å²) in [7, 11) is 0. The van der Waals surface area contributed by atoms with Crippen molar-refractivity contribution in [2.75, 3.05) is 4.90 Å². The summed E-state index contributed by atoms with van der Waals surface area (Å²) in [6, 6.07) is 27.1. The van der Waals surface area contributed by atoms with Gasteiger partial charge in [0.05, 0.1) is 29.9 Å². The summed E-state index contributed by atoms with van der Waals surface area (Å²) < 4.78 is 5.30. The smallest absolute Gasteiger partial charge is 0.265 e. The van der Waals surface area contributed by atoms with Crippen LogP contribution in [0.2, 0.25) is 0 Å². The van der Waals surface area contributed by atoms with Crippen LogP contribution in [0.15, 0.2) is 105 Å². The summed E-state index contributed by atoms with van der Waals surface area (Å²) in [5, 5.41) is 2.88. The Balaban J connectivity index is 1.49. The number of carbonyl (C=O) groups excluding carboxylic acids is 2. The summed E-state index contributed by atoms with van der Waals surface area (Å²) >= 11 is 1.43. The molecule has 4 aromatic rings. The highest BCUT2D eigenvalue weighted by Gasteiger charge is 2.30. The molecule has 5 rings (SSSR count). The molecule has 1 aliphatic heterocycles. The molecule has 0 atom stereocenters. The molecule has 2 heterocycles. The first-order chi connectivity index (χ1) is 17.1. The SMILES string of the molecule is Cc1cccc(CN2C(=O)C(=Cc3ccccc3)Sc3ccc(C(=O)NCc4ccco4)cc32)c1. The number of anilines is 1. The number of hydrogen-bond donors (Lipinski definition) is 1. The highest BCUT2D eigenvalue weighted by molar-refractivity contribution is 8.04. The third-order valence-electron chi connectivity index (χ3n) is 5.71. The molecule has 1 aliphatic rings. The molecule has 0 saturated heterocycles. The van der Waals surface area contributed by atoms with Crippen LogP contribution in [-0.4, -0.2) is 11.8 Å². The Hall–Kier alpha value is -4.03. The lowest BCUT2D eigenvalue weighted by Gasteiger charge is -2.31. The summed E-state index contributed by atoms with van der Waals surface area (Å²) in [6.07, 6.45) is 3.50. The van der Waals surface area contributed by atoms with Gasteiger partial charge < -0.3 is 14.6 Å². The molecular formula is C29H24N2O3S. The zero-order valence-corrected chi connectivity index (χ0v) is 20.0. The van der Waals surface area contributed by atoms with Gasteiger partial charge in [0.2, 0.25) is 0 Å². The van der Waals surface area contributed by atoms with Crippen LogP contribution < -0.4 is 10.2 Å². The van der Waals surface area contributed by atoms with Crippen molar-refractivity contribution in [3.05, 3.63) is 124 Å². The number of benzene rings is 3. The first kappa shape index (κ1) is 22.7. The van der Waals surface area contributed by atoms with E-state index in [1.807, 2.05) is 73.7 Å². The van der Waals surface area contributed by atoms with Crippen molar-refractivity contribution in [3.63, 3.8) is 0 Å². The molecule has 35 heavy (non-hydrogen) atoms. The number of amides is 2. The second kappa shape index (κ2) is 10.1. The van der Waals surface area contributed by atoms with E-state index in [0.717, 1.165) is 27.3 Å². The Kier molecular flexibility index (Phi) is 6.55. The van der Waals surface area contributed by atoms with Crippen LogP contribution in [0, 0.1) is 6.92 Å². The van der Waals surface area contributed by atoms with Crippen LogP contribution >= 0.6 is 11.8 Å². The average Bonchev–Trinajstić information content (AvgIpc) is 3.39. The highest BCUT2D eigenvalue weighted by Crippen LogP contribution is 2.43. The zero-order valence-electron chi connectivity index (χ0n) is 19.2. The molecular weight excluding hydrogens is 456 g/mol. The van der Waals surface area contributed by atoms with Crippen molar-refractivity contribution in [1.29, 1.82) is 0 Å². The van der Waals surface area contributed by atoms with E-state index < -0.39 is 0 Å². The van der Waals surface area contributed by atoms with Crippen molar-refractivity contribution < 1.29 is 14.0 Å². The van der Waals surface area contributed by atoms with Crippen LogP contribution in [0.3, 0.4) is 0 Å². The van der Waals surface area contributed by atoms with Gasteiger partial charge in [0, 0.05) is 10.5 Å². The normalized spacial score (nSPS) is 14.1. The van der Waals surface area contributed by atoms with E-state index in [-0.39, 0.29) is 11.8 Å². The van der Waals surface area contributed by atoms with Gasteiger partial charge in [-0.2, -0.15) is 0 Å². The van der Waals surface area contributed by atoms with E-state index >= 15 is 0 Å². The van der Waals surface area contributed by atoms with Crippen LogP contribution in [0.5, 0.6) is 0 Å². The van der Waals surface area contributed by atoms with Gasteiger partial charge in [0.15, 0.2) is 0 Å². The minimum atomic E-state index is -0.220. The summed E-state index contributed by atoms with van der Waals surface area (Å²) in [6.45, 7) is 2.75. The minimum Gasteiger partial charge on any atom is -0.467 e. The zero-order chi connectivity index (χ0) is 24.2. The first-order valence-corrected chi connectivity index (χ1v) is 12.1. The fraction of sp³-hybridized carbons (Fsp3) is 0.103. The molecule has 0 saturated carbocycles. The van der Waals surface area contributed by atoms with E-state index in [0.29, 0.717) is 29.3 Å². The monoisotopic (exact) mass is 480 g/mol. The number of furan rings is 1. The third kappa shape index (κ3) is 5.23. The first-order valence-electron chi connectivity index (χ1n) is 11.3. The van der Waals surface area contributed by atoms with Gasteiger partial charge in [-0.3, -0.25) is 9.59 Å². The maximum Gasteiger partial charge on any atom is 0.265 e. The number of nitrogens with one attached hydrogen (secondary N) is 1. The molecule has 0 radical (unpaired) electrons. The van der Waals surface area contributed by atoms with Crippen molar-refractivity contribution >= 4 is 35.3 Å².